The Morgan fingerprint density at radius 2 is 1.92 bits per heavy atom. The molecular formula is C19H22N2O3S. The molecule has 6 heteroatoms. The van der Waals surface area contributed by atoms with Crippen molar-refractivity contribution >= 4 is 29.2 Å². The van der Waals surface area contributed by atoms with E-state index in [4.69, 9.17) is 10.5 Å². The van der Waals surface area contributed by atoms with E-state index in [9.17, 15) is 9.59 Å². The Kier molecular flexibility index (Phi) is 6.36. The van der Waals surface area contributed by atoms with E-state index in [-0.39, 0.29) is 18.6 Å². The highest BCUT2D eigenvalue weighted by Gasteiger charge is 2.16. The smallest absolute Gasteiger partial charge is 0.255 e. The average Bonchev–Trinajstić information content (AvgIpc) is 3.03. The molecule has 132 valence electrons. The molecule has 1 aromatic heterocycles. The van der Waals surface area contributed by atoms with Gasteiger partial charge in [0, 0.05) is 22.9 Å². The Balaban J connectivity index is 1.95. The zero-order valence-electron chi connectivity index (χ0n) is 14.6. The second kappa shape index (κ2) is 8.48. The van der Waals surface area contributed by atoms with E-state index in [2.05, 4.69) is 19.1 Å². The van der Waals surface area contributed by atoms with E-state index < -0.39 is 5.91 Å². The molecule has 0 fully saturated rings. The summed E-state index contributed by atoms with van der Waals surface area (Å²) in [6.07, 6.45) is 3.30. The predicted octanol–water partition coefficient (Wildman–Crippen LogP) is 3.15. The van der Waals surface area contributed by atoms with Crippen molar-refractivity contribution in [1.29, 1.82) is 0 Å². The summed E-state index contributed by atoms with van der Waals surface area (Å²) in [6, 6.07) is 11.2. The average molecular weight is 358 g/mol. The minimum absolute atomic E-state index is 0.0282. The largest absolute Gasteiger partial charge is 0.484 e. The second-order valence-electron chi connectivity index (χ2n) is 5.73. The van der Waals surface area contributed by atoms with E-state index in [1.54, 1.807) is 47.6 Å². The van der Waals surface area contributed by atoms with Gasteiger partial charge in [-0.05, 0) is 49.8 Å². The molecule has 0 aliphatic rings. The molecule has 1 heterocycles. The first kappa shape index (κ1) is 18.7. The number of likely N-dealkylation sites (N-methyl/N-ethyl adjacent to an activating group) is 1. The molecule has 0 unspecified atom stereocenters. The van der Waals surface area contributed by atoms with Gasteiger partial charge in [-0.1, -0.05) is 12.1 Å². The van der Waals surface area contributed by atoms with Crippen LogP contribution in [0.15, 0.2) is 42.5 Å². The van der Waals surface area contributed by atoms with Gasteiger partial charge in [0.05, 0.1) is 6.04 Å². The highest BCUT2D eigenvalue weighted by molar-refractivity contribution is 7.12. The Morgan fingerprint density at radius 1 is 1.24 bits per heavy atom. The van der Waals surface area contributed by atoms with Gasteiger partial charge in [-0.15, -0.1) is 11.3 Å². The van der Waals surface area contributed by atoms with Gasteiger partial charge < -0.3 is 15.4 Å². The number of nitrogens with zero attached hydrogens (tertiary/aromatic N) is 1. The van der Waals surface area contributed by atoms with Crippen molar-refractivity contribution in [3.63, 3.8) is 0 Å². The molecule has 2 rings (SSSR count). The lowest BCUT2D eigenvalue weighted by Crippen LogP contribution is -2.27. The number of ether oxygens (including phenoxy) is 1. The summed E-state index contributed by atoms with van der Waals surface area (Å²) in [6.45, 7) is 3.92. The Bertz CT molecular complexity index is 765. The SMILES string of the molecule is Cc1ccc([C@H](C)N(C)C(=O)/C=C\c2ccc(OCC(N)=O)cc2)s1. The molecule has 1 atom stereocenters. The third-order valence-corrected chi connectivity index (χ3v) is 4.95. The van der Waals surface area contributed by atoms with Crippen LogP contribution in [0.5, 0.6) is 5.75 Å². The van der Waals surface area contributed by atoms with Crippen LogP contribution in [0.3, 0.4) is 0 Å². The van der Waals surface area contributed by atoms with Gasteiger partial charge in [0.1, 0.15) is 5.75 Å². The quantitative estimate of drug-likeness (QED) is 0.773. The van der Waals surface area contributed by atoms with Gasteiger partial charge in [-0.25, -0.2) is 0 Å². The van der Waals surface area contributed by atoms with Crippen LogP contribution in [0.25, 0.3) is 6.08 Å². The Hall–Kier alpha value is -2.60. The van der Waals surface area contributed by atoms with Crippen LogP contribution in [0, 0.1) is 6.92 Å². The monoisotopic (exact) mass is 358 g/mol. The molecule has 0 radical (unpaired) electrons. The van der Waals surface area contributed by atoms with E-state index >= 15 is 0 Å². The van der Waals surface area contributed by atoms with Crippen LogP contribution in [-0.4, -0.2) is 30.4 Å². The molecule has 2 N–H and O–H groups in total. The van der Waals surface area contributed by atoms with Crippen molar-refractivity contribution in [1.82, 2.24) is 4.90 Å². The van der Waals surface area contributed by atoms with Gasteiger partial charge in [0.25, 0.3) is 5.91 Å². The van der Waals surface area contributed by atoms with E-state index in [0.717, 1.165) is 10.4 Å². The molecule has 2 aromatic rings. The molecule has 1 aromatic carbocycles. The number of carbonyl (C=O) groups is 2. The fraction of sp³-hybridized carbons (Fsp3) is 0.263. The van der Waals surface area contributed by atoms with Crippen LogP contribution in [-0.2, 0) is 9.59 Å². The van der Waals surface area contributed by atoms with Crippen molar-refractivity contribution in [2.45, 2.75) is 19.9 Å². The lowest BCUT2D eigenvalue weighted by molar-refractivity contribution is -0.126. The van der Waals surface area contributed by atoms with Gasteiger partial charge in [-0.2, -0.15) is 0 Å². The molecule has 0 bridgehead atoms. The molecule has 25 heavy (non-hydrogen) atoms. The maximum absolute atomic E-state index is 12.4. The van der Waals surface area contributed by atoms with Crippen LogP contribution in [0.4, 0.5) is 0 Å². The molecule has 5 nitrogen and oxygen atoms in total. The van der Waals surface area contributed by atoms with Crippen molar-refractivity contribution in [3.8, 4) is 5.75 Å². The molecule has 0 saturated carbocycles. The van der Waals surface area contributed by atoms with E-state index in [1.165, 1.54) is 4.88 Å². The minimum Gasteiger partial charge on any atom is -0.484 e. The van der Waals surface area contributed by atoms with Crippen LogP contribution < -0.4 is 10.5 Å². The normalized spacial score (nSPS) is 12.1. The predicted molar refractivity (Wildman–Crippen MR) is 100 cm³/mol. The summed E-state index contributed by atoms with van der Waals surface area (Å²) in [5, 5.41) is 0. The summed E-state index contributed by atoms with van der Waals surface area (Å²) in [4.78, 5) is 27.1. The second-order valence-corrected chi connectivity index (χ2v) is 7.05. The van der Waals surface area contributed by atoms with Crippen molar-refractivity contribution in [3.05, 3.63) is 57.8 Å². The van der Waals surface area contributed by atoms with Crippen molar-refractivity contribution in [2.75, 3.05) is 13.7 Å². The number of carbonyl (C=O) groups excluding carboxylic acids is 2. The van der Waals surface area contributed by atoms with Crippen molar-refractivity contribution < 1.29 is 14.3 Å². The van der Waals surface area contributed by atoms with Crippen LogP contribution in [0.1, 0.15) is 28.3 Å². The van der Waals surface area contributed by atoms with Gasteiger partial charge in [-0.3, -0.25) is 9.59 Å². The lowest BCUT2D eigenvalue weighted by atomic mass is 10.2. The van der Waals surface area contributed by atoms with Gasteiger partial charge >= 0.3 is 0 Å². The highest BCUT2D eigenvalue weighted by Crippen LogP contribution is 2.26. The number of hydrogen-bond donors (Lipinski definition) is 1. The first-order valence-electron chi connectivity index (χ1n) is 7.89. The molecule has 0 aliphatic heterocycles. The zero-order valence-corrected chi connectivity index (χ0v) is 15.4. The fourth-order valence-electron chi connectivity index (χ4n) is 2.17. The standard InChI is InChI=1S/C19H22N2O3S/c1-13-4-10-17(25-13)14(2)21(3)19(23)11-7-15-5-8-16(9-6-15)24-12-18(20)22/h4-11,14H,12H2,1-3H3,(H2,20,22)/b11-7-/t14-/m0/s1. The molecular weight excluding hydrogens is 336 g/mol. The third kappa shape index (κ3) is 5.46. The lowest BCUT2D eigenvalue weighted by Gasteiger charge is -2.22. The van der Waals surface area contributed by atoms with E-state index in [1.807, 2.05) is 19.1 Å². The summed E-state index contributed by atoms with van der Waals surface area (Å²) < 4.78 is 5.20. The Labute approximate surface area is 151 Å². The van der Waals surface area contributed by atoms with E-state index in [0.29, 0.717) is 5.75 Å². The van der Waals surface area contributed by atoms with Crippen LogP contribution in [0.2, 0.25) is 0 Å². The summed E-state index contributed by atoms with van der Waals surface area (Å²) >= 11 is 1.70. The molecule has 2 amide bonds. The Morgan fingerprint density at radius 3 is 2.48 bits per heavy atom. The topological polar surface area (TPSA) is 72.6 Å². The first-order chi connectivity index (χ1) is 11.9. The third-order valence-electron chi connectivity index (χ3n) is 3.78. The highest BCUT2D eigenvalue weighted by atomic mass is 32.1. The number of amides is 2. The van der Waals surface area contributed by atoms with Crippen molar-refractivity contribution in [2.24, 2.45) is 5.73 Å². The summed E-state index contributed by atoms with van der Waals surface area (Å²) in [7, 11) is 1.80. The van der Waals surface area contributed by atoms with Gasteiger partial charge in [0.15, 0.2) is 6.61 Å². The molecule has 0 spiro atoms. The molecule has 0 aliphatic carbocycles. The number of primary amides is 1. The maximum Gasteiger partial charge on any atom is 0.255 e. The maximum atomic E-state index is 12.4. The zero-order chi connectivity index (χ0) is 18.4. The van der Waals surface area contributed by atoms with Crippen LogP contribution >= 0.6 is 11.3 Å². The number of rotatable bonds is 7. The minimum atomic E-state index is -0.521. The number of nitrogens with two attached hydrogens (primary N) is 1. The number of thiophene rings is 1. The summed E-state index contributed by atoms with van der Waals surface area (Å²) in [5.74, 6) is -0.0265. The number of hydrogen-bond acceptors (Lipinski definition) is 4. The van der Waals surface area contributed by atoms with Gasteiger partial charge in [0.2, 0.25) is 5.91 Å². The number of aryl methyl sites for hydroxylation is 1. The number of benzene rings is 1. The first-order valence-corrected chi connectivity index (χ1v) is 8.71. The summed E-state index contributed by atoms with van der Waals surface area (Å²) in [5.41, 5.74) is 5.90. The fourth-order valence-corrected chi connectivity index (χ4v) is 3.15. The molecule has 0 saturated heterocycles.